The number of rotatable bonds is 5. The van der Waals surface area contributed by atoms with Crippen LogP contribution >= 0.6 is 11.6 Å². The molecule has 3 N–H and O–H groups in total. The second kappa shape index (κ2) is 8.48. The Hall–Kier alpha value is -2.87. The minimum absolute atomic E-state index is 0.0314. The third-order valence-electron chi connectivity index (χ3n) is 6.65. The summed E-state index contributed by atoms with van der Waals surface area (Å²) in [5, 5.41) is 11.9. The van der Waals surface area contributed by atoms with Crippen LogP contribution in [0.2, 0.25) is 5.02 Å². The number of nitrogens with one attached hydrogen (secondary N) is 3. The third-order valence-corrected chi connectivity index (χ3v) is 6.96. The first-order valence-corrected chi connectivity index (χ1v) is 11.7. The van der Waals surface area contributed by atoms with Crippen LogP contribution in [0.1, 0.15) is 24.8 Å². The Morgan fingerprint density at radius 1 is 1.21 bits per heavy atom. The standard InChI is InChI=1S/C25H25ClN4O3/c26-18-11-21-20(29-25(30-21)33-23-13-32-22-7-9-31-24(22)23)10-16(18)14-3-5-15(6-4-14)17(12-27)19-2-1-8-28-19/h3-6,10-12,22-24,27-28H,1-2,7-9,13H2,(H,29,30)/b19-17+,27-12?/t22-,23?,24+/m1/s1. The normalized spacial score (nSPS) is 25.8. The molecule has 7 nitrogen and oxygen atoms in total. The summed E-state index contributed by atoms with van der Waals surface area (Å²) < 4.78 is 17.6. The average Bonchev–Trinajstić information content (AvgIpc) is 3.61. The lowest BCUT2D eigenvalue weighted by Gasteiger charge is -2.15. The molecule has 3 aliphatic heterocycles. The van der Waals surface area contributed by atoms with E-state index in [0.29, 0.717) is 24.2 Å². The Balaban J connectivity index is 1.26. The average molecular weight is 465 g/mol. The van der Waals surface area contributed by atoms with Crippen molar-refractivity contribution in [2.45, 2.75) is 37.6 Å². The Bertz CT molecular complexity index is 1230. The molecule has 8 heteroatoms. The van der Waals surface area contributed by atoms with Crippen LogP contribution in [-0.2, 0) is 9.47 Å². The highest BCUT2D eigenvalue weighted by Gasteiger charge is 2.43. The predicted molar refractivity (Wildman–Crippen MR) is 128 cm³/mol. The second-order valence-electron chi connectivity index (χ2n) is 8.69. The van der Waals surface area contributed by atoms with Crippen molar-refractivity contribution in [1.82, 2.24) is 15.3 Å². The fourth-order valence-electron chi connectivity index (χ4n) is 4.96. The van der Waals surface area contributed by atoms with Crippen molar-refractivity contribution in [3.63, 3.8) is 0 Å². The summed E-state index contributed by atoms with van der Waals surface area (Å²) in [7, 11) is 0. The number of fused-ring (bicyclic) bond motifs is 2. The van der Waals surface area contributed by atoms with Crippen LogP contribution in [0.25, 0.3) is 27.7 Å². The summed E-state index contributed by atoms with van der Waals surface area (Å²) in [5.41, 5.74) is 6.62. The number of aromatic amines is 1. The molecule has 3 aliphatic rings. The Labute approximate surface area is 196 Å². The Kier molecular flexibility index (Phi) is 5.32. The van der Waals surface area contributed by atoms with Crippen LogP contribution in [0.3, 0.4) is 0 Å². The Morgan fingerprint density at radius 3 is 2.88 bits per heavy atom. The zero-order valence-corrected chi connectivity index (χ0v) is 18.8. The highest BCUT2D eigenvalue weighted by molar-refractivity contribution is 6.34. The van der Waals surface area contributed by atoms with Crippen molar-refractivity contribution < 1.29 is 14.2 Å². The molecular weight excluding hydrogens is 440 g/mol. The molecule has 3 saturated heterocycles. The number of nitrogens with zero attached hydrogens (tertiary/aromatic N) is 1. The molecule has 0 aliphatic carbocycles. The monoisotopic (exact) mass is 464 g/mol. The molecule has 0 bridgehead atoms. The topological polar surface area (TPSA) is 92.2 Å². The van der Waals surface area contributed by atoms with E-state index in [1.807, 2.05) is 36.4 Å². The van der Waals surface area contributed by atoms with Gasteiger partial charge < -0.3 is 29.9 Å². The molecule has 4 heterocycles. The fourth-order valence-corrected chi connectivity index (χ4v) is 5.23. The number of allylic oxidation sites excluding steroid dienone is 2. The lowest BCUT2D eigenvalue weighted by Crippen LogP contribution is -2.32. The van der Waals surface area contributed by atoms with Crippen molar-refractivity contribution in [2.75, 3.05) is 19.8 Å². The van der Waals surface area contributed by atoms with Crippen molar-refractivity contribution in [3.05, 3.63) is 52.7 Å². The molecule has 3 fully saturated rings. The SMILES string of the molecule is N=C/C(=C1/CCCN1)c1ccc(-c2cc3nc(OC4CO[C@@H]5CCO[C@H]45)[nH]c3cc2Cl)cc1. The fraction of sp³-hybridized carbons (Fsp3) is 0.360. The first kappa shape index (κ1) is 20.7. The van der Waals surface area contributed by atoms with Crippen LogP contribution in [0, 0.1) is 5.41 Å². The maximum absolute atomic E-state index is 7.84. The number of benzene rings is 2. The molecule has 1 unspecified atom stereocenters. The Morgan fingerprint density at radius 2 is 2.09 bits per heavy atom. The summed E-state index contributed by atoms with van der Waals surface area (Å²) in [6.07, 6.45) is 4.37. The van der Waals surface area contributed by atoms with E-state index < -0.39 is 0 Å². The number of imidazole rings is 1. The van der Waals surface area contributed by atoms with Gasteiger partial charge >= 0.3 is 0 Å². The third kappa shape index (κ3) is 3.80. The molecule has 0 amide bonds. The molecule has 0 saturated carbocycles. The predicted octanol–water partition coefficient (Wildman–Crippen LogP) is 4.56. The largest absolute Gasteiger partial charge is 0.456 e. The van der Waals surface area contributed by atoms with Crippen LogP contribution in [0.15, 0.2) is 42.1 Å². The van der Waals surface area contributed by atoms with Gasteiger partial charge in [-0.15, -0.1) is 0 Å². The van der Waals surface area contributed by atoms with E-state index in [0.717, 1.165) is 64.8 Å². The van der Waals surface area contributed by atoms with Crippen LogP contribution < -0.4 is 10.1 Å². The maximum Gasteiger partial charge on any atom is 0.295 e. The number of hydrogen-bond donors (Lipinski definition) is 3. The first-order valence-electron chi connectivity index (χ1n) is 11.4. The lowest BCUT2D eigenvalue weighted by atomic mass is 9.99. The van der Waals surface area contributed by atoms with Crippen molar-refractivity contribution >= 4 is 34.4 Å². The summed E-state index contributed by atoms with van der Waals surface area (Å²) in [6, 6.07) is 12.5. The van der Waals surface area contributed by atoms with Gasteiger partial charge in [0.25, 0.3) is 6.01 Å². The minimum Gasteiger partial charge on any atom is -0.456 e. The van der Waals surface area contributed by atoms with Crippen molar-refractivity contribution in [1.29, 1.82) is 5.41 Å². The molecule has 1 aromatic heterocycles. The quantitative estimate of drug-likeness (QED) is 0.481. The van der Waals surface area contributed by atoms with E-state index in [1.165, 1.54) is 6.21 Å². The van der Waals surface area contributed by atoms with Gasteiger partial charge in [0.15, 0.2) is 6.10 Å². The van der Waals surface area contributed by atoms with Gasteiger partial charge in [0.05, 0.1) is 28.8 Å². The van der Waals surface area contributed by atoms with Gasteiger partial charge in [0.2, 0.25) is 0 Å². The maximum atomic E-state index is 7.84. The van der Waals surface area contributed by atoms with Gasteiger partial charge in [-0.3, -0.25) is 0 Å². The number of halogens is 1. The number of H-pyrrole nitrogens is 1. The first-order chi connectivity index (χ1) is 16.2. The van der Waals surface area contributed by atoms with E-state index in [4.69, 9.17) is 31.2 Å². The zero-order chi connectivity index (χ0) is 22.4. The lowest BCUT2D eigenvalue weighted by molar-refractivity contribution is 0.0273. The van der Waals surface area contributed by atoms with Gasteiger partial charge in [-0.1, -0.05) is 35.9 Å². The van der Waals surface area contributed by atoms with Gasteiger partial charge in [-0.25, -0.2) is 0 Å². The van der Waals surface area contributed by atoms with Gasteiger partial charge in [0.1, 0.15) is 6.10 Å². The van der Waals surface area contributed by atoms with E-state index in [9.17, 15) is 0 Å². The van der Waals surface area contributed by atoms with Crippen LogP contribution in [0.4, 0.5) is 0 Å². The van der Waals surface area contributed by atoms with Crippen LogP contribution in [0.5, 0.6) is 6.01 Å². The molecule has 170 valence electrons. The molecule has 6 rings (SSSR count). The summed E-state index contributed by atoms with van der Waals surface area (Å²) in [4.78, 5) is 7.85. The van der Waals surface area contributed by atoms with E-state index in [1.54, 1.807) is 0 Å². The molecule has 3 atom stereocenters. The molecule has 3 aromatic rings. The highest BCUT2D eigenvalue weighted by atomic mass is 35.5. The van der Waals surface area contributed by atoms with E-state index in [-0.39, 0.29) is 18.3 Å². The zero-order valence-electron chi connectivity index (χ0n) is 18.1. The molecule has 33 heavy (non-hydrogen) atoms. The van der Waals surface area contributed by atoms with E-state index >= 15 is 0 Å². The van der Waals surface area contributed by atoms with Gasteiger partial charge in [-0.05, 0) is 42.5 Å². The molecular formula is C25H25ClN4O3. The molecule has 2 aromatic carbocycles. The molecule has 0 spiro atoms. The summed E-state index contributed by atoms with van der Waals surface area (Å²) in [5.74, 6) is 0. The highest BCUT2D eigenvalue weighted by Crippen LogP contribution is 2.34. The van der Waals surface area contributed by atoms with Crippen molar-refractivity contribution in [3.8, 4) is 17.1 Å². The molecule has 0 radical (unpaired) electrons. The summed E-state index contributed by atoms with van der Waals surface area (Å²) in [6.45, 7) is 2.19. The van der Waals surface area contributed by atoms with E-state index in [2.05, 4.69) is 15.3 Å². The summed E-state index contributed by atoms with van der Waals surface area (Å²) >= 11 is 6.64. The van der Waals surface area contributed by atoms with Gasteiger partial charge in [0, 0.05) is 36.2 Å². The number of ether oxygens (including phenoxy) is 3. The smallest absolute Gasteiger partial charge is 0.295 e. The second-order valence-corrected chi connectivity index (χ2v) is 9.09. The minimum atomic E-state index is -0.160. The number of hydrogen-bond acceptors (Lipinski definition) is 6. The van der Waals surface area contributed by atoms with Gasteiger partial charge in [-0.2, -0.15) is 4.98 Å². The van der Waals surface area contributed by atoms with Crippen molar-refractivity contribution in [2.24, 2.45) is 0 Å². The van der Waals surface area contributed by atoms with Crippen LogP contribution in [-0.4, -0.2) is 54.3 Å². The number of aromatic nitrogens is 2.